The molecule has 1 saturated heterocycles. The van der Waals surface area contributed by atoms with Crippen LogP contribution >= 0.6 is 12.4 Å². The van der Waals surface area contributed by atoms with Gasteiger partial charge in [0.15, 0.2) is 0 Å². The molecule has 52 valence electrons. The third-order valence-corrected chi connectivity index (χ3v) is 1.31. The molecule has 1 fully saturated rings. The minimum absolute atomic E-state index is 0. The molecule has 0 aromatic carbocycles. The number of likely N-dealkylation sites (tertiary alicyclic amines) is 1. The van der Waals surface area contributed by atoms with Crippen LogP contribution in [-0.4, -0.2) is 62.1 Å². The van der Waals surface area contributed by atoms with Crippen LogP contribution in [0.3, 0.4) is 0 Å². The number of rotatable bonds is 0. The Bertz CT molecular complexity index is 99.0. The fourth-order valence-electron chi connectivity index (χ4n) is 0.783. The molecule has 4 heteroatoms. The van der Waals surface area contributed by atoms with E-state index in [9.17, 15) is 4.79 Å². The van der Waals surface area contributed by atoms with Crippen molar-refractivity contribution in [2.24, 2.45) is 0 Å². The number of nitrogens with zero attached hydrogens (tertiary/aromatic N) is 1. The summed E-state index contributed by atoms with van der Waals surface area (Å²) >= 11 is 0. The number of carbonyl (C=O) groups excluding carboxylic acids is 1. The summed E-state index contributed by atoms with van der Waals surface area (Å²) in [5.74, 6) is 0.292. The molecule has 0 saturated carbocycles. The van der Waals surface area contributed by atoms with Crippen molar-refractivity contribution >= 4 is 56.1 Å². The van der Waals surface area contributed by atoms with Crippen molar-refractivity contribution in [3.8, 4) is 0 Å². The summed E-state index contributed by atoms with van der Waals surface area (Å²) in [5, 5.41) is 0. The summed E-state index contributed by atoms with van der Waals surface area (Å²) in [4.78, 5) is 12.3. The van der Waals surface area contributed by atoms with Gasteiger partial charge in [0.2, 0.25) is 5.91 Å². The summed E-state index contributed by atoms with van der Waals surface area (Å²) in [6.07, 6.45) is 1.81. The van der Waals surface area contributed by atoms with Gasteiger partial charge in [-0.3, -0.25) is 4.79 Å². The quantitative estimate of drug-likeness (QED) is 0.468. The molecule has 9 heavy (non-hydrogen) atoms. The molecule has 0 N–H and O–H groups in total. The van der Waals surface area contributed by atoms with E-state index in [-0.39, 0.29) is 50.1 Å². The van der Waals surface area contributed by atoms with E-state index >= 15 is 0 Å². The number of amides is 1. The van der Waals surface area contributed by atoms with Gasteiger partial charge in [0, 0.05) is 20.0 Å². The first-order chi connectivity index (χ1) is 3.30. The SMILES string of the molecule is CN1CCCC1=O.Cl.[CaH2]. The van der Waals surface area contributed by atoms with Gasteiger partial charge in [-0.2, -0.15) is 0 Å². The molecule has 0 atom stereocenters. The monoisotopic (exact) mass is 177 g/mol. The van der Waals surface area contributed by atoms with Gasteiger partial charge in [0.05, 0.1) is 0 Å². The summed E-state index contributed by atoms with van der Waals surface area (Å²) in [7, 11) is 1.84. The Hall–Kier alpha value is 1.02. The summed E-state index contributed by atoms with van der Waals surface area (Å²) in [6.45, 7) is 0.957. The van der Waals surface area contributed by atoms with Gasteiger partial charge in [-0.15, -0.1) is 12.4 Å². The number of hydrogen-bond acceptors (Lipinski definition) is 1. The maximum absolute atomic E-state index is 10.5. The summed E-state index contributed by atoms with van der Waals surface area (Å²) < 4.78 is 0. The summed E-state index contributed by atoms with van der Waals surface area (Å²) in [6, 6.07) is 0. The predicted molar refractivity (Wildman–Crippen MR) is 42.7 cm³/mol. The van der Waals surface area contributed by atoms with Gasteiger partial charge in [-0.05, 0) is 6.42 Å². The van der Waals surface area contributed by atoms with E-state index in [0.29, 0.717) is 5.91 Å². The predicted octanol–water partition coefficient (Wildman–Crippen LogP) is -0.256. The van der Waals surface area contributed by atoms with Crippen LogP contribution in [0.2, 0.25) is 0 Å². The van der Waals surface area contributed by atoms with E-state index in [2.05, 4.69) is 0 Å². The van der Waals surface area contributed by atoms with E-state index in [1.165, 1.54) is 0 Å². The van der Waals surface area contributed by atoms with Crippen LogP contribution in [0.1, 0.15) is 12.8 Å². The first kappa shape index (κ1) is 12.7. The van der Waals surface area contributed by atoms with E-state index in [0.717, 1.165) is 19.4 Å². The maximum atomic E-state index is 10.5. The van der Waals surface area contributed by atoms with Crippen LogP contribution in [-0.2, 0) is 4.79 Å². The van der Waals surface area contributed by atoms with Crippen LogP contribution < -0.4 is 0 Å². The molecular formula is C5H12CaClNO. The van der Waals surface area contributed by atoms with Gasteiger partial charge in [-0.25, -0.2) is 0 Å². The first-order valence-corrected chi connectivity index (χ1v) is 2.54. The zero-order chi connectivity index (χ0) is 5.28. The molecule has 1 aliphatic heterocycles. The molecular weight excluding hydrogens is 166 g/mol. The van der Waals surface area contributed by atoms with Gasteiger partial charge in [-0.1, -0.05) is 0 Å². The fraction of sp³-hybridized carbons (Fsp3) is 0.800. The molecule has 2 nitrogen and oxygen atoms in total. The van der Waals surface area contributed by atoms with Crippen LogP contribution in [0.5, 0.6) is 0 Å². The first-order valence-electron chi connectivity index (χ1n) is 2.54. The third-order valence-electron chi connectivity index (χ3n) is 1.31. The van der Waals surface area contributed by atoms with E-state index in [4.69, 9.17) is 0 Å². The van der Waals surface area contributed by atoms with Gasteiger partial charge < -0.3 is 4.90 Å². The fourth-order valence-corrected chi connectivity index (χ4v) is 0.783. The minimum atomic E-state index is 0. The molecule has 1 heterocycles. The number of carbonyl (C=O) groups is 1. The average Bonchev–Trinajstić information content (AvgIpc) is 1.91. The van der Waals surface area contributed by atoms with Crippen molar-refractivity contribution in [1.29, 1.82) is 0 Å². The van der Waals surface area contributed by atoms with Crippen molar-refractivity contribution in [1.82, 2.24) is 4.90 Å². The zero-order valence-corrected chi connectivity index (χ0v) is 5.70. The van der Waals surface area contributed by atoms with E-state index in [1.807, 2.05) is 7.05 Å². The van der Waals surface area contributed by atoms with Crippen molar-refractivity contribution in [2.75, 3.05) is 13.6 Å². The van der Waals surface area contributed by atoms with Gasteiger partial charge in [0.1, 0.15) is 0 Å². The Labute approximate surface area is 91.4 Å². The second-order valence-electron chi connectivity index (χ2n) is 1.92. The Morgan fingerprint density at radius 2 is 2.11 bits per heavy atom. The summed E-state index contributed by atoms with van der Waals surface area (Å²) in [5.41, 5.74) is 0. The molecule has 1 rings (SSSR count). The molecule has 0 unspecified atom stereocenters. The van der Waals surface area contributed by atoms with Crippen molar-refractivity contribution in [2.45, 2.75) is 12.8 Å². The van der Waals surface area contributed by atoms with E-state index < -0.39 is 0 Å². The Balaban J connectivity index is 0. The standard InChI is InChI=1S/C5H9NO.Ca.ClH.2H/c1-6-4-2-3-5(6)7;;;;/h2-4H2,1H3;;1H;;. The van der Waals surface area contributed by atoms with Crippen LogP contribution in [0.4, 0.5) is 0 Å². The molecule has 1 amide bonds. The molecule has 0 aromatic rings. The normalized spacial score (nSPS) is 16.6. The number of hydrogen-bond donors (Lipinski definition) is 0. The van der Waals surface area contributed by atoms with Crippen molar-refractivity contribution in [3.05, 3.63) is 0 Å². The van der Waals surface area contributed by atoms with Crippen LogP contribution in [0.15, 0.2) is 0 Å². The Morgan fingerprint density at radius 1 is 1.56 bits per heavy atom. The molecule has 0 aliphatic carbocycles. The molecule has 0 spiro atoms. The Kier molecular flexibility index (Phi) is 8.14. The topological polar surface area (TPSA) is 20.3 Å². The number of halogens is 1. The van der Waals surface area contributed by atoms with Gasteiger partial charge >= 0.3 is 37.7 Å². The van der Waals surface area contributed by atoms with Crippen LogP contribution in [0, 0.1) is 0 Å². The average molecular weight is 178 g/mol. The van der Waals surface area contributed by atoms with Gasteiger partial charge in [0.25, 0.3) is 0 Å². The third kappa shape index (κ3) is 3.66. The zero-order valence-electron chi connectivity index (χ0n) is 4.89. The Morgan fingerprint density at radius 3 is 2.22 bits per heavy atom. The van der Waals surface area contributed by atoms with Crippen LogP contribution in [0.25, 0.3) is 0 Å². The second kappa shape index (κ2) is 5.78. The molecule has 0 bridgehead atoms. The van der Waals surface area contributed by atoms with Crippen molar-refractivity contribution in [3.63, 3.8) is 0 Å². The van der Waals surface area contributed by atoms with Crippen molar-refractivity contribution < 1.29 is 4.79 Å². The molecule has 0 aromatic heterocycles. The van der Waals surface area contributed by atoms with E-state index in [1.54, 1.807) is 4.90 Å². The molecule has 1 aliphatic rings. The second-order valence-corrected chi connectivity index (χ2v) is 1.92. The molecule has 0 radical (unpaired) electrons.